The summed E-state index contributed by atoms with van der Waals surface area (Å²) >= 11 is 7.64. The minimum absolute atomic E-state index is 0.0759. The van der Waals surface area contributed by atoms with E-state index in [4.69, 9.17) is 11.6 Å². The molecule has 0 spiro atoms. The lowest BCUT2D eigenvalue weighted by atomic mass is 10.1. The average Bonchev–Trinajstić information content (AvgIpc) is 2.58. The molecule has 0 unspecified atom stereocenters. The Morgan fingerprint density at radius 3 is 2.50 bits per heavy atom. The monoisotopic (exact) mass is 356 g/mol. The summed E-state index contributed by atoms with van der Waals surface area (Å²) in [6.07, 6.45) is 0.588. The zero-order chi connectivity index (χ0) is 16.9. The summed E-state index contributed by atoms with van der Waals surface area (Å²) in [6.45, 7) is 1.88. The van der Waals surface area contributed by atoms with Crippen LogP contribution in [-0.2, 0) is 12.2 Å². The predicted molar refractivity (Wildman–Crippen MR) is 99.9 cm³/mol. The average molecular weight is 357 g/mol. The Labute approximate surface area is 150 Å². The molecule has 24 heavy (non-hydrogen) atoms. The van der Waals surface area contributed by atoms with E-state index in [1.807, 2.05) is 61.5 Å². The zero-order valence-corrected chi connectivity index (χ0v) is 14.8. The van der Waals surface area contributed by atoms with Crippen molar-refractivity contribution in [3.05, 3.63) is 92.4 Å². The summed E-state index contributed by atoms with van der Waals surface area (Å²) in [5.41, 5.74) is 3.53. The van der Waals surface area contributed by atoms with Crippen molar-refractivity contribution < 1.29 is 0 Å². The van der Waals surface area contributed by atoms with Crippen LogP contribution in [0.2, 0.25) is 5.02 Å². The second-order valence-electron chi connectivity index (χ2n) is 5.48. The number of hydrogen-bond donors (Lipinski definition) is 1. The van der Waals surface area contributed by atoms with E-state index >= 15 is 0 Å². The van der Waals surface area contributed by atoms with Crippen molar-refractivity contribution in [3.63, 3.8) is 0 Å². The minimum Gasteiger partial charge on any atom is -0.301 e. The molecule has 0 bridgehead atoms. The number of H-pyrrole nitrogens is 1. The molecule has 0 amide bonds. The number of aryl methyl sites for hydroxylation is 1. The lowest BCUT2D eigenvalue weighted by Crippen LogP contribution is -2.17. The van der Waals surface area contributed by atoms with Crippen LogP contribution in [0.3, 0.4) is 0 Å². The van der Waals surface area contributed by atoms with Crippen molar-refractivity contribution in [3.8, 4) is 0 Å². The van der Waals surface area contributed by atoms with Crippen LogP contribution in [0.4, 0.5) is 0 Å². The predicted octanol–water partition coefficient (Wildman–Crippen LogP) is 4.61. The number of benzene rings is 2. The summed E-state index contributed by atoms with van der Waals surface area (Å²) in [7, 11) is 0. The Kier molecular flexibility index (Phi) is 5.38. The molecule has 0 radical (unpaired) electrons. The Bertz CT molecular complexity index is 893. The lowest BCUT2D eigenvalue weighted by Gasteiger charge is -2.08. The van der Waals surface area contributed by atoms with Crippen molar-refractivity contribution in [2.45, 2.75) is 24.3 Å². The summed E-state index contributed by atoms with van der Waals surface area (Å²) < 4.78 is 0. The van der Waals surface area contributed by atoms with E-state index < -0.39 is 0 Å². The van der Waals surface area contributed by atoms with Crippen LogP contribution in [0.1, 0.15) is 22.4 Å². The van der Waals surface area contributed by atoms with Gasteiger partial charge in [-0.1, -0.05) is 71.9 Å². The lowest BCUT2D eigenvalue weighted by molar-refractivity contribution is 0.866. The van der Waals surface area contributed by atoms with Gasteiger partial charge >= 0.3 is 0 Å². The molecule has 0 atom stereocenters. The van der Waals surface area contributed by atoms with Gasteiger partial charge in [0.05, 0.1) is 0 Å². The van der Waals surface area contributed by atoms with Crippen LogP contribution in [0.15, 0.2) is 64.5 Å². The van der Waals surface area contributed by atoms with Crippen LogP contribution < -0.4 is 5.56 Å². The van der Waals surface area contributed by atoms with Gasteiger partial charge in [0.15, 0.2) is 5.16 Å². The first-order chi connectivity index (χ1) is 11.6. The second kappa shape index (κ2) is 7.69. The molecular formula is C19H17ClN2OS. The summed E-state index contributed by atoms with van der Waals surface area (Å²) in [5, 5.41) is 1.35. The molecular weight excluding hydrogens is 340 g/mol. The van der Waals surface area contributed by atoms with E-state index in [1.54, 1.807) is 0 Å². The molecule has 1 heterocycles. The molecule has 2 aromatic carbocycles. The number of rotatable bonds is 5. The van der Waals surface area contributed by atoms with Gasteiger partial charge in [0, 0.05) is 28.5 Å². The van der Waals surface area contributed by atoms with Crippen LogP contribution in [-0.4, -0.2) is 9.97 Å². The van der Waals surface area contributed by atoms with Crippen LogP contribution in [0, 0.1) is 6.92 Å². The standard InChI is InChI=1S/C19H17ClN2OS/c1-13-16(11-14-7-3-2-4-8-14)18(23)22-19(21-13)24-12-15-9-5-6-10-17(15)20/h2-10H,11-12H2,1H3,(H,21,22,23). The first kappa shape index (κ1) is 16.8. The van der Waals surface area contributed by atoms with E-state index in [2.05, 4.69) is 9.97 Å². The van der Waals surface area contributed by atoms with Gasteiger partial charge in [0.1, 0.15) is 0 Å². The number of halogens is 1. The fourth-order valence-electron chi connectivity index (χ4n) is 2.42. The third-order valence-electron chi connectivity index (χ3n) is 3.75. The Morgan fingerprint density at radius 2 is 1.79 bits per heavy atom. The van der Waals surface area contributed by atoms with Crippen LogP contribution in [0.5, 0.6) is 0 Å². The van der Waals surface area contributed by atoms with Gasteiger partial charge < -0.3 is 4.98 Å². The fraction of sp³-hybridized carbons (Fsp3) is 0.158. The summed E-state index contributed by atoms with van der Waals surface area (Å²) in [6, 6.07) is 17.6. The normalized spacial score (nSPS) is 10.8. The number of nitrogens with one attached hydrogen (secondary N) is 1. The number of hydrogen-bond acceptors (Lipinski definition) is 3. The summed E-state index contributed by atoms with van der Waals surface area (Å²) in [4.78, 5) is 19.8. The molecule has 0 aliphatic rings. The van der Waals surface area contributed by atoms with E-state index in [0.29, 0.717) is 22.9 Å². The summed E-state index contributed by atoms with van der Waals surface area (Å²) in [5.74, 6) is 0.667. The third-order valence-corrected chi connectivity index (χ3v) is 5.04. The molecule has 3 nitrogen and oxygen atoms in total. The molecule has 1 aromatic heterocycles. The molecule has 0 aliphatic heterocycles. The van der Waals surface area contributed by atoms with E-state index in [0.717, 1.165) is 21.8 Å². The van der Waals surface area contributed by atoms with E-state index in [9.17, 15) is 4.79 Å². The maximum atomic E-state index is 12.4. The minimum atomic E-state index is -0.0759. The molecule has 1 N–H and O–H groups in total. The Balaban J connectivity index is 1.77. The number of thioether (sulfide) groups is 1. The fourth-order valence-corrected chi connectivity index (χ4v) is 3.61. The van der Waals surface area contributed by atoms with Crippen molar-refractivity contribution >= 4 is 23.4 Å². The van der Waals surface area contributed by atoms with Gasteiger partial charge in [0.25, 0.3) is 5.56 Å². The van der Waals surface area contributed by atoms with E-state index in [-0.39, 0.29) is 5.56 Å². The smallest absolute Gasteiger partial charge is 0.255 e. The largest absolute Gasteiger partial charge is 0.301 e. The molecule has 0 saturated heterocycles. The van der Waals surface area contributed by atoms with Crippen LogP contribution in [0.25, 0.3) is 0 Å². The second-order valence-corrected chi connectivity index (χ2v) is 6.85. The molecule has 0 aliphatic carbocycles. The topological polar surface area (TPSA) is 45.8 Å². The van der Waals surface area contributed by atoms with Gasteiger partial charge in [-0.3, -0.25) is 4.79 Å². The van der Waals surface area contributed by atoms with Gasteiger partial charge in [-0.2, -0.15) is 0 Å². The first-order valence-corrected chi connectivity index (χ1v) is 9.00. The maximum Gasteiger partial charge on any atom is 0.255 e. The zero-order valence-electron chi connectivity index (χ0n) is 13.3. The van der Waals surface area contributed by atoms with Gasteiger partial charge in [-0.15, -0.1) is 0 Å². The highest BCUT2D eigenvalue weighted by Gasteiger charge is 2.10. The molecule has 122 valence electrons. The Hall–Kier alpha value is -2.04. The highest BCUT2D eigenvalue weighted by molar-refractivity contribution is 7.98. The van der Waals surface area contributed by atoms with Gasteiger partial charge in [0.2, 0.25) is 0 Å². The first-order valence-electron chi connectivity index (χ1n) is 7.63. The van der Waals surface area contributed by atoms with Crippen molar-refractivity contribution in [1.29, 1.82) is 0 Å². The molecule has 5 heteroatoms. The SMILES string of the molecule is Cc1nc(SCc2ccccc2Cl)[nH]c(=O)c1Cc1ccccc1. The number of aromatic amines is 1. The highest BCUT2D eigenvalue weighted by Crippen LogP contribution is 2.24. The molecule has 3 aromatic rings. The molecule has 0 fully saturated rings. The number of nitrogens with zero attached hydrogens (tertiary/aromatic N) is 1. The van der Waals surface area contributed by atoms with Gasteiger partial charge in [-0.25, -0.2) is 4.98 Å². The molecule has 0 saturated carbocycles. The van der Waals surface area contributed by atoms with Crippen molar-refractivity contribution in [1.82, 2.24) is 9.97 Å². The third kappa shape index (κ3) is 4.08. The number of aromatic nitrogens is 2. The maximum absolute atomic E-state index is 12.4. The van der Waals surface area contributed by atoms with Crippen molar-refractivity contribution in [2.24, 2.45) is 0 Å². The highest BCUT2D eigenvalue weighted by atomic mass is 35.5. The Morgan fingerprint density at radius 1 is 1.08 bits per heavy atom. The molecule has 3 rings (SSSR count). The van der Waals surface area contributed by atoms with Crippen molar-refractivity contribution in [2.75, 3.05) is 0 Å². The van der Waals surface area contributed by atoms with Crippen LogP contribution >= 0.6 is 23.4 Å². The van der Waals surface area contributed by atoms with E-state index in [1.165, 1.54) is 11.8 Å². The van der Waals surface area contributed by atoms with Gasteiger partial charge in [-0.05, 0) is 24.1 Å². The quantitative estimate of drug-likeness (QED) is 0.536.